The summed E-state index contributed by atoms with van der Waals surface area (Å²) in [6.07, 6.45) is 6.85. The van der Waals surface area contributed by atoms with Crippen LogP contribution in [0.4, 0.5) is 4.39 Å². The molecule has 0 saturated carbocycles. The number of amides is 1. The van der Waals surface area contributed by atoms with Crippen molar-refractivity contribution in [3.63, 3.8) is 0 Å². The normalized spacial score (nSPS) is 14.2. The van der Waals surface area contributed by atoms with Crippen molar-refractivity contribution in [1.29, 1.82) is 0 Å². The van der Waals surface area contributed by atoms with Crippen molar-refractivity contribution in [2.24, 2.45) is 0 Å². The molecule has 1 saturated heterocycles. The zero-order chi connectivity index (χ0) is 23.7. The summed E-state index contributed by atoms with van der Waals surface area (Å²) in [5.41, 5.74) is 4.75. The van der Waals surface area contributed by atoms with Gasteiger partial charge in [0.25, 0.3) is 5.91 Å². The first-order valence-corrected chi connectivity index (χ1v) is 11.4. The van der Waals surface area contributed by atoms with E-state index in [1.807, 2.05) is 30.0 Å². The number of pyridine rings is 1. The Morgan fingerprint density at radius 1 is 1.06 bits per heavy atom. The number of benzene rings is 2. The number of aromatic nitrogens is 3. The second-order valence-corrected chi connectivity index (χ2v) is 8.62. The van der Waals surface area contributed by atoms with Gasteiger partial charge in [-0.05, 0) is 85.9 Å². The molecule has 7 heteroatoms. The lowest BCUT2D eigenvalue weighted by atomic mass is 10.0. The molecule has 5 rings (SSSR count). The summed E-state index contributed by atoms with van der Waals surface area (Å²) < 4.78 is 13.5. The molecule has 0 radical (unpaired) electrons. The Kier molecular flexibility index (Phi) is 5.84. The summed E-state index contributed by atoms with van der Waals surface area (Å²) >= 11 is 0. The van der Waals surface area contributed by atoms with Crippen LogP contribution < -0.4 is 0 Å². The number of halogens is 1. The fourth-order valence-corrected chi connectivity index (χ4v) is 4.38. The van der Waals surface area contributed by atoms with Crippen molar-refractivity contribution >= 4 is 29.1 Å². The number of hydrogen-bond acceptors (Lipinski definition) is 4. The Morgan fingerprint density at radius 3 is 2.56 bits per heavy atom. The number of carbonyl (C=O) groups excluding carboxylic acids is 1. The Morgan fingerprint density at radius 2 is 1.82 bits per heavy atom. The van der Waals surface area contributed by atoms with Crippen molar-refractivity contribution in [2.45, 2.75) is 26.2 Å². The quantitative estimate of drug-likeness (QED) is 0.420. The number of rotatable bonds is 4. The topological polar surface area (TPSA) is 82.1 Å². The number of carbonyl (C=O) groups is 1. The van der Waals surface area contributed by atoms with E-state index in [4.69, 9.17) is 0 Å². The number of piperidine rings is 1. The van der Waals surface area contributed by atoms with Crippen LogP contribution >= 0.6 is 0 Å². The molecule has 1 aliphatic heterocycles. The highest BCUT2D eigenvalue weighted by Crippen LogP contribution is 2.29. The van der Waals surface area contributed by atoms with Crippen LogP contribution in [0.5, 0.6) is 5.75 Å². The van der Waals surface area contributed by atoms with Crippen LogP contribution in [-0.4, -0.2) is 44.2 Å². The van der Waals surface area contributed by atoms with Gasteiger partial charge in [-0.3, -0.25) is 9.89 Å². The molecule has 2 aromatic carbocycles. The van der Waals surface area contributed by atoms with Crippen LogP contribution in [0.3, 0.4) is 0 Å². The zero-order valence-corrected chi connectivity index (χ0v) is 18.9. The lowest BCUT2D eigenvalue weighted by molar-refractivity contribution is 0.0726. The van der Waals surface area contributed by atoms with E-state index in [-0.39, 0.29) is 17.5 Å². The molecule has 3 heterocycles. The van der Waals surface area contributed by atoms with Crippen LogP contribution in [0, 0.1) is 12.7 Å². The van der Waals surface area contributed by atoms with Gasteiger partial charge in [0, 0.05) is 18.7 Å². The minimum atomic E-state index is -0.276. The van der Waals surface area contributed by atoms with Gasteiger partial charge in [0.05, 0.1) is 22.3 Å². The van der Waals surface area contributed by atoms with Crippen molar-refractivity contribution in [3.05, 3.63) is 76.7 Å². The lowest BCUT2D eigenvalue weighted by Gasteiger charge is -2.27. The smallest absolute Gasteiger partial charge is 0.254 e. The number of aryl methyl sites for hydroxylation is 1. The van der Waals surface area contributed by atoms with E-state index >= 15 is 0 Å². The first-order chi connectivity index (χ1) is 16.5. The summed E-state index contributed by atoms with van der Waals surface area (Å²) in [6.45, 7) is 3.31. The third-order valence-electron chi connectivity index (χ3n) is 6.25. The van der Waals surface area contributed by atoms with Crippen LogP contribution in [0.15, 0.2) is 48.5 Å². The second-order valence-electron chi connectivity index (χ2n) is 8.62. The lowest BCUT2D eigenvalue weighted by Crippen LogP contribution is -2.35. The molecule has 0 spiro atoms. The van der Waals surface area contributed by atoms with E-state index in [2.05, 4.69) is 15.2 Å². The minimum absolute atomic E-state index is 0.0406. The summed E-state index contributed by atoms with van der Waals surface area (Å²) in [4.78, 5) is 20.2. The highest BCUT2D eigenvalue weighted by atomic mass is 19.1. The summed E-state index contributed by atoms with van der Waals surface area (Å²) in [7, 11) is 0. The number of phenols is 1. The molecule has 2 N–H and O–H groups in total. The highest BCUT2D eigenvalue weighted by Gasteiger charge is 2.24. The molecule has 172 valence electrons. The van der Waals surface area contributed by atoms with Gasteiger partial charge in [0.15, 0.2) is 5.65 Å². The van der Waals surface area contributed by atoms with E-state index in [0.717, 1.165) is 49.0 Å². The maximum absolute atomic E-state index is 13.6. The molecule has 1 fully saturated rings. The molecular weight excluding hydrogens is 431 g/mol. The number of nitrogens with zero attached hydrogens (tertiary/aromatic N) is 3. The molecule has 0 unspecified atom stereocenters. The molecule has 34 heavy (non-hydrogen) atoms. The van der Waals surface area contributed by atoms with Crippen molar-refractivity contribution < 1.29 is 14.3 Å². The van der Waals surface area contributed by atoms with E-state index in [1.54, 1.807) is 30.3 Å². The Bertz CT molecular complexity index is 1390. The van der Waals surface area contributed by atoms with E-state index in [0.29, 0.717) is 28.0 Å². The van der Waals surface area contributed by atoms with Crippen LogP contribution in [0.25, 0.3) is 34.4 Å². The number of phenolic OH excluding ortho intramolecular Hbond substituents is 1. The Labute approximate surface area is 196 Å². The van der Waals surface area contributed by atoms with Crippen molar-refractivity contribution in [2.75, 3.05) is 13.1 Å². The van der Waals surface area contributed by atoms with Gasteiger partial charge in [0.2, 0.25) is 0 Å². The van der Waals surface area contributed by atoms with Crippen molar-refractivity contribution in [1.82, 2.24) is 20.1 Å². The monoisotopic (exact) mass is 456 g/mol. The number of nitrogens with one attached hydrogen (secondary N) is 1. The molecule has 0 atom stereocenters. The number of H-pyrrole nitrogens is 1. The minimum Gasteiger partial charge on any atom is -0.508 e. The first kappa shape index (κ1) is 21.8. The van der Waals surface area contributed by atoms with Gasteiger partial charge < -0.3 is 10.0 Å². The first-order valence-electron chi connectivity index (χ1n) is 11.4. The molecule has 6 nitrogen and oxygen atoms in total. The SMILES string of the molecule is Cc1cc(F)ccc1/C=C/c1[nH]nc2nc(-c3ccc(O)cc3)cc(C(=O)N3CCCCC3)c12. The average Bonchev–Trinajstić information content (AvgIpc) is 3.26. The second kappa shape index (κ2) is 9.09. The fraction of sp³-hybridized carbons (Fsp3) is 0.222. The molecule has 4 aromatic rings. The van der Waals surface area contributed by atoms with Gasteiger partial charge >= 0.3 is 0 Å². The molecule has 0 bridgehead atoms. The van der Waals surface area contributed by atoms with Gasteiger partial charge in [0.1, 0.15) is 11.6 Å². The van der Waals surface area contributed by atoms with Crippen LogP contribution in [-0.2, 0) is 0 Å². The van der Waals surface area contributed by atoms with Crippen molar-refractivity contribution in [3.8, 4) is 17.0 Å². The predicted molar refractivity (Wildman–Crippen MR) is 131 cm³/mol. The largest absolute Gasteiger partial charge is 0.508 e. The number of fused-ring (bicyclic) bond motifs is 1. The third kappa shape index (κ3) is 4.29. The van der Waals surface area contributed by atoms with E-state index in [1.165, 1.54) is 12.1 Å². The molecule has 1 amide bonds. The van der Waals surface area contributed by atoms with Crippen LogP contribution in [0.1, 0.15) is 46.4 Å². The Hall–Kier alpha value is -4.00. The van der Waals surface area contributed by atoms with Crippen LogP contribution in [0.2, 0.25) is 0 Å². The molecular formula is C27H25FN4O2. The van der Waals surface area contributed by atoms with Gasteiger partial charge in [-0.15, -0.1) is 0 Å². The zero-order valence-electron chi connectivity index (χ0n) is 18.9. The summed E-state index contributed by atoms with van der Waals surface area (Å²) in [5.74, 6) is -0.152. The maximum atomic E-state index is 13.6. The van der Waals surface area contributed by atoms with E-state index < -0.39 is 0 Å². The van der Waals surface area contributed by atoms with Gasteiger partial charge in [-0.1, -0.05) is 12.1 Å². The summed E-state index contributed by atoms with van der Waals surface area (Å²) in [6, 6.07) is 13.2. The average molecular weight is 457 g/mol. The summed E-state index contributed by atoms with van der Waals surface area (Å²) in [5, 5.41) is 17.7. The molecule has 1 aliphatic rings. The number of aromatic amines is 1. The molecule has 0 aliphatic carbocycles. The maximum Gasteiger partial charge on any atom is 0.254 e. The number of aromatic hydroxyl groups is 1. The Balaban J connectivity index is 1.62. The molecule has 2 aromatic heterocycles. The predicted octanol–water partition coefficient (Wildman–Crippen LogP) is 5.57. The third-order valence-corrected chi connectivity index (χ3v) is 6.25. The van der Waals surface area contributed by atoms with Gasteiger partial charge in [-0.25, -0.2) is 9.37 Å². The number of hydrogen-bond donors (Lipinski definition) is 2. The standard InChI is InChI=1S/C27H25FN4O2/c1-17-15-20(28)9-5-18(17)8-12-23-25-22(27(34)32-13-3-2-4-14-32)16-24(29-26(25)31-30-23)19-6-10-21(33)11-7-19/h5-12,15-16,33H,2-4,13-14H2,1H3,(H,29,30,31)/b12-8+. The van der Waals surface area contributed by atoms with E-state index in [9.17, 15) is 14.3 Å². The fourth-order valence-electron chi connectivity index (χ4n) is 4.38. The highest BCUT2D eigenvalue weighted by molar-refractivity contribution is 6.09. The number of likely N-dealkylation sites (tertiary alicyclic amines) is 1. The van der Waals surface area contributed by atoms with Gasteiger partial charge in [-0.2, -0.15) is 5.10 Å².